The molecule has 0 unspecified atom stereocenters. The Kier molecular flexibility index (Phi) is 4.87. The van der Waals surface area contributed by atoms with E-state index < -0.39 is 5.91 Å². The zero-order chi connectivity index (χ0) is 13.7. The maximum absolute atomic E-state index is 11.3. The highest BCUT2D eigenvalue weighted by Gasteiger charge is 2.17. The van der Waals surface area contributed by atoms with Gasteiger partial charge in [-0.1, -0.05) is 0 Å². The van der Waals surface area contributed by atoms with Gasteiger partial charge in [-0.15, -0.1) is 11.6 Å². The Labute approximate surface area is 117 Å². The molecule has 0 atom stereocenters. The third-order valence-electron chi connectivity index (χ3n) is 2.93. The molecule has 0 aliphatic carbocycles. The number of carbonyl (C=O) groups excluding carboxylic acids is 1. The minimum absolute atomic E-state index is 0.417. The van der Waals surface area contributed by atoms with Gasteiger partial charge in [0, 0.05) is 18.7 Å². The number of amides is 1. The van der Waals surface area contributed by atoms with Crippen molar-refractivity contribution in [3.8, 4) is 5.75 Å². The van der Waals surface area contributed by atoms with Crippen LogP contribution < -0.4 is 15.4 Å². The summed E-state index contributed by atoms with van der Waals surface area (Å²) in [6.07, 6.45) is 0. The summed E-state index contributed by atoms with van der Waals surface area (Å²) in [6, 6.07) is 5.19. The van der Waals surface area contributed by atoms with Gasteiger partial charge in [0.1, 0.15) is 12.4 Å². The van der Waals surface area contributed by atoms with Crippen LogP contribution in [0.3, 0.4) is 0 Å². The smallest absolute Gasteiger partial charge is 0.248 e. The normalized spacial score (nSPS) is 15.3. The van der Waals surface area contributed by atoms with Crippen molar-refractivity contribution in [2.24, 2.45) is 5.73 Å². The zero-order valence-electron chi connectivity index (χ0n) is 10.6. The number of anilines is 1. The van der Waals surface area contributed by atoms with E-state index in [0.717, 1.165) is 18.8 Å². The molecule has 0 spiro atoms. The van der Waals surface area contributed by atoms with E-state index in [2.05, 4.69) is 4.90 Å². The van der Waals surface area contributed by atoms with Gasteiger partial charge in [0.2, 0.25) is 5.91 Å². The van der Waals surface area contributed by atoms with Crippen LogP contribution in [0.5, 0.6) is 5.75 Å². The second-order valence-corrected chi connectivity index (χ2v) is 4.56. The Morgan fingerprint density at radius 1 is 1.42 bits per heavy atom. The maximum Gasteiger partial charge on any atom is 0.248 e. The van der Waals surface area contributed by atoms with Crippen LogP contribution in [0.4, 0.5) is 5.69 Å². The van der Waals surface area contributed by atoms with Crippen molar-refractivity contribution in [1.29, 1.82) is 0 Å². The summed E-state index contributed by atoms with van der Waals surface area (Å²) in [5, 5.41) is 0. The molecule has 1 aliphatic rings. The molecule has 1 saturated heterocycles. The van der Waals surface area contributed by atoms with E-state index in [-0.39, 0.29) is 0 Å². The highest BCUT2D eigenvalue weighted by atomic mass is 35.5. The van der Waals surface area contributed by atoms with Crippen LogP contribution in [0.2, 0.25) is 0 Å². The molecule has 19 heavy (non-hydrogen) atoms. The van der Waals surface area contributed by atoms with Crippen LogP contribution in [-0.4, -0.2) is 44.7 Å². The average Bonchev–Trinajstić information content (AvgIpc) is 2.45. The number of carbonyl (C=O) groups is 1. The SMILES string of the molecule is NC(=O)c1ccc(OCCCl)c(N2CCOCC2)c1. The predicted molar refractivity (Wildman–Crippen MR) is 74.2 cm³/mol. The molecule has 0 aromatic heterocycles. The Morgan fingerprint density at radius 3 is 2.79 bits per heavy atom. The van der Waals surface area contributed by atoms with Gasteiger partial charge in [-0.3, -0.25) is 4.79 Å². The number of primary amides is 1. The van der Waals surface area contributed by atoms with Gasteiger partial charge < -0.3 is 20.1 Å². The first-order valence-electron chi connectivity index (χ1n) is 6.17. The fraction of sp³-hybridized carbons (Fsp3) is 0.462. The first kappa shape index (κ1) is 14.0. The molecule has 1 heterocycles. The standard InChI is InChI=1S/C13H17ClN2O3/c14-3-6-19-12-2-1-10(13(15)17)9-11(12)16-4-7-18-8-5-16/h1-2,9H,3-8H2,(H2,15,17). The molecule has 1 aromatic carbocycles. The third-order valence-corrected chi connectivity index (χ3v) is 3.08. The zero-order valence-corrected chi connectivity index (χ0v) is 11.4. The lowest BCUT2D eigenvalue weighted by atomic mass is 10.1. The molecule has 6 heteroatoms. The van der Waals surface area contributed by atoms with Crippen molar-refractivity contribution >= 4 is 23.2 Å². The highest BCUT2D eigenvalue weighted by molar-refractivity contribution is 6.18. The number of nitrogens with zero attached hydrogens (tertiary/aromatic N) is 1. The van der Waals surface area contributed by atoms with E-state index in [1.807, 2.05) is 0 Å². The summed E-state index contributed by atoms with van der Waals surface area (Å²) in [4.78, 5) is 13.4. The van der Waals surface area contributed by atoms with Gasteiger partial charge in [-0.25, -0.2) is 0 Å². The number of halogens is 1. The average molecular weight is 285 g/mol. The summed E-state index contributed by atoms with van der Waals surface area (Å²) >= 11 is 5.64. The number of hydrogen-bond acceptors (Lipinski definition) is 4. The van der Waals surface area contributed by atoms with Crippen LogP contribution in [0.15, 0.2) is 18.2 Å². The van der Waals surface area contributed by atoms with E-state index in [9.17, 15) is 4.79 Å². The lowest BCUT2D eigenvalue weighted by molar-refractivity contribution is 0.1000. The molecule has 5 nitrogen and oxygen atoms in total. The van der Waals surface area contributed by atoms with E-state index >= 15 is 0 Å². The molecule has 2 N–H and O–H groups in total. The van der Waals surface area contributed by atoms with Crippen molar-refractivity contribution in [3.05, 3.63) is 23.8 Å². The van der Waals surface area contributed by atoms with Gasteiger partial charge in [0.15, 0.2) is 0 Å². The summed E-state index contributed by atoms with van der Waals surface area (Å²) in [5.74, 6) is 0.686. The van der Waals surface area contributed by atoms with E-state index in [4.69, 9.17) is 26.8 Å². The van der Waals surface area contributed by atoms with Crippen LogP contribution >= 0.6 is 11.6 Å². The first-order valence-corrected chi connectivity index (χ1v) is 6.71. The van der Waals surface area contributed by atoms with Crippen molar-refractivity contribution in [1.82, 2.24) is 0 Å². The Bertz CT molecular complexity index is 448. The molecule has 1 aliphatic heterocycles. The summed E-state index contributed by atoms with van der Waals surface area (Å²) in [5.41, 5.74) is 6.66. The number of alkyl halides is 1. The van der Waals surface area contributed by atoms with E-state index in [0.29, 0.717) is 37.0 Å². The molecule has 1 amide bonds. The fourth-order valence-corrected chi connectivity index (χ4v) is 2.07. The van der Waals surface area contributed by atoms with Crippen LogP contribution in [0, 0.1) is 0 Å². The first-order chi connectivity index (χ1) is 9.22. The maximum atomic E-state index is 11.3. The Hall–Kier alpha value is -1.46. The number of benzene rings is 1. The Morgan fingerprint density at radius 2 is 2.16 bits per heavy atom. The van der Waals surface area contributed by atoms with Crippen molar-refractivity contribution in [2.75, 3.05) is 43.7 Å². The second-order valence-electron chi connectivity index (χ2n) is 4.18. The van der Waals surface area contributed by atoms with E-state index in [1.165, 1.54) is 0 Å². The molecular formula is C13H17ClN2O3. The topological polar surface area (TPSA) is 64.8 Å². The van der Waals surface area contributed by atoms with Gasteiger partial charge in [0.05, 0.1) is 24.8 Å². The molecule has 0 bridgehead atoms. The number of nitrogens with two attached hydrogens (primary N) is 1. The van der Waals surface area contributed by atoms with Gasteiger partial charge in [-0.2, -0.15) is 0 Å². The molecule has 0 radical (unpaired) electrons. The van der Waals surface area contributed by atoms with Gasteiger partial charge >= 0.3 is 0 Å². The molecule has 104 valence electrons. The molecule has 1 aromatic rings. The van der Waals surface area contributed by atoms with Crippen molar-refractivity contribution in [2.45, 2.75) is 0 Å². The molecule has 1 fully saturated rings. The third kappa shape index (κ3) is 3.52. The molecular weight excluding hydrogens is 268 g/mol. The number of rotatable bonds is 5. The number of hydrogen-bond donors (Lipinski definition) is 1. The largest absolute Gasteiger partial charge is 0.490 e. The lowest BCUT2D eigenvalue weighted by Gasteiger charge is -2.30. The quantitative estimate of drug-likeness (QED) is 0.826. The Balaban J connectivity index is 2.28. The van der Waals surface area contributed by atoms with Crippen molar-refractivity contribution < 1.29 is 14.3 Å². The monoisotopic (exact) mass is 284 g/mol. The number of morpholine rings is 1. The summed E-state index contributed by atoms with van der Waals surface area (Å²) in [7, 11) is 0. The minimum atomic E-state index is -0.446. The van der Waals surface area contributed by atoms with Crippen LogP contribution in [0.1, 0.15) is 10.4 Å². The predicted octanol–water partition coefficient (Wildman–Crippen LogP) is 1.24. The van der Waals surface area contributed by atoms with Gasteiger partial charge in [0.25, 0.3) is 0 Å². The summed E-state index contributed by atoms with van der Waals surface area (Å²) in [6.45, 7) is 3.28. The molecule has 0 saturated carbocycles. The van der Waals surface area contributed by atoms with Crippen LogP contribution in [-0.2, 0) is 4.74 Å². The van der Waals surface area contributed by atoms with Crippen LogP contribution in [0.25, 0.3) is 0 Å². The van der Waals surface area contributed by atoms with E-state index in [1.54, 1.807) is 18.2 Å². The summed E-state index contributed by atoms with van der Waals surface area (Å²) < 4.78 is 10.9. The lowest BCUT2D eigenvalue weighted by Crippen LogP contribution is -2.36. The highest BCUT2D eigenvalue weighted by Crippen LogP contribution is 2.30. The molecule has 2 rings (SSSR count). The van der Waals surface area contributed by atoms with Gasteiger partial charge in [-0.05, 0) is 18.2 Å². The minimum Gasteiger partial charge on any atom is -0.490 e. The number of ether oxygens (including phenoxy) is 2. The fourth-order valence-electron chi connectivity index (χ4n) is 1.99. The van der Waals surface area contributed by atoms with Crippen molar-refractivity contribution in [3.63, 3.8) is 0 Å². The second kappa shape index (κ2) is 6.63.